The van der Waals surface area contributed by atoms with Gasteiger partial charge in [-0.2, -0.15) is 4.98 Å². The van der Waals surface area contributed by atoms with E-state index >= 15 is 0 Å². The zero-order chi connectivity index (χ0) is 30.4. The zero-order valence-electron chi connectivity index (χ0n) is 23.9. The van der Waals surface area contributed by atoms with E-state index in [0.717, 1.165) is 45.2 Å². The van der Waals surface area contributed by atoms with Gasteiger partial charge in [0, 0.05) is 37.0 Å². The number of aryl methyl sites for hydroxylation is 1. The smallest absolute Gasteiger partial charge is 0.270 e. The van der Waals surface area contributed by atoms with Crippen molar-refractivity contribution >= 4 is 40.9 Å². The maximum atomic E-state index is 13.1. The number of aromatic hydroxyl groups is 1. The van der Waals surface area contributed by atoms with E-state index in [-0.39, 0.29) is 22.2 Å². The third-order valence-corrected chi connectivity index (χ3v) is 10.6. The van der Waals surface area contributed by atoms with Crippen molar-refractivity contribution in [3.8, 4) is 5.88 Å². The van der Waals surface area contributed by atoms with Crippen LogP contribution in [0.15, 0.2) is 63.4 Å². The highest BCUT2D eigenvalue weighted by molar-refractivity contribution is 7.99. The van der Waals surface area contributed by atoms with Crippen molar-refractivity contribution in [2.24, 2.45) is 11.1 Å². The Kier molecular flexibility index (Phi) is 7.51. The number of hydrogen-bond donors (Lipinski definition) is 3. The standard InChI is InChI=1S/C31H31ClN8O3S/c32-25-20(35-27(41)24-28(42)36-22-10-3-4-13-40(22)29(24)43)8-5-9-21(25)44-23-17-34-30(38-37-23)39-14-11-31(12-15-39)16-18-6-1-2-7-19(18)26(31)33/h1-2,5-9,17,26,42H,3-4,10-16,33H2,(H,35,41)/t26-/m1/s1. The Morgan fingerprint density at radius 1 is 1.09 bits per heavy atom. The summed E-state index contributed by atoms with van der Waals surface area (Å²) in [7, 11) is 0. The van der Waals surface area contributed by atoms with Crippen molar-refractivity contribution in [2.75, 3.05) is 23.3 Å². The van der Waals surface area contributed by atoms with Gasteiger partial charge in [-0.05, 0) is 60.8 Å². The molecule has 0 unspecified atom stereocenters. The van der Waals surface area contributed by atoms with Gasteiger partial charge in [-0.1, -0.05) is 53.7 Å². The van der Waals surface area contributed by atoms with Crippen LogP contribution in [0.2, 0.25) is 5.02 Å². The van der Waals surface area contributed by atoms with Crippen molar-refractivity contribution in [3.05, 3.63) is 86.6 Å². The minimum absolute atomic E-state index is 0.0468. The molecule has 11 nitrogen and oxygen atoms in total. The van der Waals surface area contributed by atoms with Crippen molar-refractivity contribution < 1.29 is 9.90 Å². The average molecular weight is 631 g/mol. The third-order valence-electron chi connectivity index (χ3n) is 9.08. The van der Waals surface area contributed by atoms with Crippen molar-refractivity contribution in [1.29, 1.82) is 0 Å². The quantitative estimate of drug-likeness (QED) is 0.290. The molecule has 1 saturated heterocycles. The lowest BCUT2D eigenvalue weighted by atomic mass is 9.73. The lowest BCUT2D eigenvalue weighted by molar-refractivity contribution is 0.102. The molecule has 1 fully saturated rings. The Labute approximate surface area is 262 Å². The highest BCUT2D eigenvalue weighted by atomic mass is 35.5. The molecule has 2 aromatic carbocycles. The predicted octanol–water partition coefficient (Wildman–Crippen LogP) is 4.37. The number of hydrogen-bond acceptors (Lipinski definition) is 10. The molecule has 226 valence electrons. The van der Waals surface area contributed by atoms with Crippen molar-refractivity contribution in [2.45, 2.75) is 61.0 Å². The Morgan fingerprint density at radius 3 is 2.68 bits per heavy atom. The lowest BCUT2D eigenvalue weighted by Crippen LogP contribution is -2.45. The van der Waals surface area contributed by atoms with Crippen LogP contribution in [0.25, 0.3) is 0 Å². The largest absolute Gasteiger partial charge is 0.493 e. The summed E-state index contributed by atoms with van der Waals surface area (Å²) in [6.07, 6.45) is 6.86. The molecule has 0 radical (unpaired) electrons. The number of aromatic nitrogens is 5. The molecule has 0 bridgehead atoms. The molecule has 1 spiro atoms. The van der Waals surface area contributed by atoms with Gasteiger partial charge in [-0.15, -0.1) is 10.2 Å². The molecule has 44 heavy (non-hydrogen) atoms. The van der Waals surface area contributed by atoms with Crippen LogP contribution in [0.5, 0.6) is 5.88 Å². The number of carbonyl (C=O) groups is 1. The Balaban J connectivity index is 1.01. The minimum atomic E-state index is -0.776. The van der Waals surface area contributed by atoms with Gasteiger partial charge < -0.3 is 21.1 Å². The molecule has 13 heteroatoms. The lowest BCUT2D eigenvalue weighted by Gasteiger charge is -2.42. The molecule has 1 amide bonds. The summed E-state index contributed by atoms with van der Waals surface area (Å²) in [5.41, 5.74) is 8.74. The summed E-state index contributed by atoms with van der Waals surface area (Å²) in [6.45, 7) is 2.08. The Morgan fingerprint density at radius 2 is 1.91 bits per heavy atom. The predicted molar refractivity (Wildman–Crippen MR) is 167 cm³/mol. The first-order chi connectivity index (χ1) is 21.3. The number of benzene rings is 2. The molecule has 2 aliphatic heterocycles. The van der Waals surface area contributed by atoms with Gasteiger partial charge in [0.15, 0.2) is 5.56 Å². The maximum Gasteiger partial charge on any atom is 0.270 e. The van der Waals surface area contributed by atoms with Gasteiger partial charge in [0.2, 0.25) is 11.8 Å². The molecule has 7 rings (SSSR count). The first-order valence-corrected chi connectivity index (χ1v) is 15.9. The van der Waals surface area contributed by atoms with E-state index in [0.29, 0.717) is 34.7 Å². The van der Waals surface area contributed by atoms with Gasteiger partial charge >= 0.3 is 0 Å². The van der Waals surface area contributed by atoms with Crippen LogP contribution < -0.4 is 21.5 Å². The monoisotopic (exact) mass is 630 g/mol. The molecular formula is C31H31ClN8O3S. The van der Waals surface area contributed by atoms with Gasteiger partial charge in [0.1, 0.15) is 10.9 Å². The molecule has 4 aromatic rings. The number of piperidine rings is 1. The highest BCUT2D eigenvalue weighted by Crippen LogP contribution is 2.50. The molecule has 4 N–H and O–H groups in total. The molecule has 1 atom stereocenters. The van der Waals surface area contributed by atoms with Crippen LogP contribution in [-0.4, -0.2) is 48.8 Å². The van der Waals surface area contributed by atoms with Crippen LogP contribution >= 0.6 is 23.4 Å². The summed E-state index contributed by atoms with van der Waals surface area (Å²) in [5, 5.41) is 22.6. The van der Waals surface area contributed by atoms with Crippen LogP contribution in [0.1, 0.15) is 59.0 Å². The number of halogens is 1. The van der Waals surface area contributed by atoms with Crippen LogP contribution in [0, 0.1) is 5.41 Å². The second kappa shape index (κ2) is 11.5. The summed E-state index contributed by atoms with van der Waals surface area (Å²) >= 11 is 7.92. The number of amides is 1. The first-order valence-electron chi connectivity index (χ1n) is 14.7. The summed E-state index contributed by atoms with van der Waals surface area (Å²) in [6, 6.07) is 13.7. The second-order valence-corrected chi connectivity index (χ2v) is 13.1. The Bertz CT molecular complexity index is 1810. The number of carbonyl (C=O) groups excluding carboxylic acids is 1. The fraction of sp³-hybridized carbons (Fsp3) is 0.355. The van der Waals surface area contributed by atoms with E-state index in [4.69, 9.17) is 17.3 Å². The number of anilines is 2. The fourth-order valence-corrected chi connectivity index (χ4v) is 7.70. The second-order valence-electron chi connectivity index (χ2n) is 11.6. The maximum absolute atomic E-state index is 13.1. The SMILES string of the molecule is N[C@@H]1c2ccccc2CC12CCN(c1ncc(Sc3cccc(NC(=O)c4c(O)nc5n(c4=O)CCCC5)c3Cl)nn1)CC2. The summed E-state index contributed by atoms with van der Waals surface area (Å²) in [5.74, 6) is -0.295. The van der Waals surface area contributed by atoms with E-state index in [2.05, 4.69) is 54.6 Å². The van der Waals surface area contributed by atoms with Gasteiger partial charge in [-0.25, -0.2) is 4.98 Å². The molecule has 3 aliphatic rings. The van der Waals surface area contributed by atoms with E-state index in [1.165, 1.54) is 27.5 Å². The molecule has 2 aromatic heterocycles. The fourth-order valence-electron chi connectivity index (χ4n) is 6.65. The number of nitrogens with two attached hydrogens (primary N) is 1. The number of fused-ring (bicyclic) bond motifs is 2. The summed E-state index contributed by atoms with van der Waals surface area (Å²) in [4.78, 5) is 37.5. The first kappa shape index (κ1) is 28.8. The minimum Gasteiger partial charge on any atom is -0.493 e. The summed E-state index contributed by atoms with van der Waals surface area (Å²) < 4.78 is 1.45. The number of nitrogens with one attached hydrogen (secondary N) is 1. The zero-order valence-corrected chi connectivity index (χ0v) is 25.4. The van der Waals surface area contributed by atoms with Crippen molar-refractivity contribution in [1.82, 2.24) is 24.7 Å². The van der Waals surface area contributed by atoms with Crippen LogP contribution in [0.4, 0.5) is 11.6 Å². The Hall–Kier alpha value is -4.00. The number of nitrogens with zero attached hydrogens (tertiary/aromatic N) is 6. The van der Waals surface area contributed by atoms with Gasteiger partial charge in [-0.3, -0.25) is 14.2 Å². The van der Waals surface area contributed by atoms with E-state index in [1.54, 1.807) is 24.4 Å². The molecule has 4 heterocycles. The van der Waals surface area contributed by atoms with Crippen LogP contribution in [-0.2, 0) is 19.4 Å². The molecular weight excluding hydrogens is 600 g/mol. The topological polar surface area (TPSA) is 152 Å². The highest BCUT2D eigenvalue weighted by Gasteiger charge is 2.46. The van der Waals surface area contributed by atoms with E-state index < -0.39 is 22.9 Å². The third kappa shape index (κ3) is 5.10. The van der Waals surface area contributed by atoms with Gasteiger partial charge in [0.25, 0.3) is 11.5 Å². The van der Waals surface area contributed by atoms with E-state index in [9.17, 15) is 14.7 Å². The van der Waals surface area contributed by atoms with Crippen molar-refractivity contribution in [3.63, 3.8) is 0 Å². The van der Waals surface area contributed by atoms with Crippen LogP contribution in [0.3, 0.4) is 0 Å². The normalized spacial score (nSPS) is 18.6. The number of rotatable bonds is 5. The molecule has 1 aliphatic carbocycles. The van der Waals surface area contributed by atoms with E-state index in [1.807, 2.05) is 0 Å². The molecule has 0 saturated carbocycles. The average Bonchev–Trinajstić information content (AvgIpc) is 3.30. The van der Waals surface area contributed by atoms with Gasteiger partial charge in [0.05, 0.1) is 16.9 Å².